The first-order chi connectivity index (χ1) is 8.04. The monoisotopic (exact) mass is 312 g/mol. The van der Waals surface area contributed by atoms with Crippen molar-refractivity contribution < 1.29 is 0 Å². The molecule has 1 heterocycles. The maximum atomic E-state index is 6.48. The maximum absolute atomic E-state index is 6.48. The van der Waals surface area contributed by atoms with Crippen molar-refractivity contribution in [3.8, 4) is 0 Å². The lowest BCUT2D eigenvalue weighted by molar-refractivity contribution is 1.02. The first kappa shape index (κ1) is 12.7. The number of hydrogen-bond donors (Lipinski definition) is 0. The number of rotatable bonds is 2. The molecule has 0 saturated carbocycles. The summed E-state index contributed by atoms with van der Waals surface area (Å²) in [5, 5.41) is 1.81. The van der Waals surface area contributed by atoms with Crippen LogP contribution in [0.5, 0.6) is 0 Å². The third-order valence-electron chi connectivity index (χ3n) is 2.73. The van der Waals surface area contributed by atoms with Crippen LogP contribution in [0.2, 0.25) is 5.02 Å². The fourth-order valence-electron chi connectivity index (χ4n) is 1.91. The molecule has 0 spiro atoms. The molecule has 0 aliphatic rings. The highest BCUT2D eigenvalue weighted by Gasteiger charge is 2.13. The summed E-state index contributed by atoms with van der Waals surface area (Å²) >= 11 is 9.94. The van der Waals surface area contributed by atoms with Crippen LogP contribution in [-0.2, 0) is 6.42 Å². The molecule has 0 N–H and O–H groups in total. The van der Waals surface area contributed by atoms with Crippen LogP contribution in [0.25, 0.3) is 10.9 Å². The zero-order valence-corrected chi connectivity index (χ0v) is 12.4. The van der Waals surface area contributed by atoms with Gasteiger partial charge in [0.25, 0.3) is 0 Å². The Bertz CT molecular complexity index is 567. The minimum Gasteiger partial charge on any atom is -0.362 e. The molecule has 2 aromatic rings. The Morgan fingerprint density at radius 2 is 2.06 bits per heavy atom. The number of anilines is 1. The number of aromatic nitrogens is 1. The van der Waals surface area contributed by atoms with Crippen LogP contribution >= 0.6 is 27.5 Å². The van der Waals surface area contributed by atoms with Gasteiger partial charge in [-0.1, -0.05) is 34.5 Å². The molecule has 0 unspecified atom stereocenters. The van der Waals surface area contributed by atoms with Crippen molar-refractivity contribution in [2.75, 3.05) is 19.0 Å². The minimum absolute atomic E-state index is 0.808. The smallest absolute Gasteiger partial charge is 0.133 e. The Hall–Kier alpha value is -0.800. The van der Waals surface area contributed by atoms with Gasteiger partial charge >= 0.3 is 0 Å². The molecule has 2 rings (SSSR count). The van der Waals surface area contributed by atoms with Crippen LogP contribution in [0.3, 0.4) is 0 Å². The van der Waals surface area contributed by atoms with Gasteiger partial charge in [-0.2, -0.15) is 0 Å². The second-order valence-electron chi connectivity index (χ2n) is 4.14. The second kappa shape index (κ2) is 4.83. The molecule has 0 saturated heterocycles. The van der Waals surface area contributed by atoms with E-state index in [9.17, 15) is 0 Å². The Morgan fingerprint density at radius 1 is 1.35 bits per heavy atom. The van der Waals surface area contributed by atoms with Gasteiger partial charge in [0, 0.05) is 29.5 Å². The van der Waals surface area contributed by atoms with E-state index in [0.29, 0.717) is 0 Å². The summed E-state index contributed by atoms with van der Waals surface area (Å²) < 4.78 is 1.02. The Morgan fingerprint density at radius 3 is 2.65 bits per heavy atom. The van der Waals surface area contributed by atoms with Crippen LogP contribution in [0, 0.1) is 0 Å². The van der Waals surface area contributed by atoms with Gasteiger partial charge < -0.3 is 4.90 Å². The number of halogens is 2. The van der Waals surface area contributed by atoms with Crippen molar-refractivity contribution in [1.29, 1.82) is 0 Å². The van der Waals surface area contributed by atoms with E-state index in [0.717, 1.165) is 38.2 Å². The summed E-state index contributed by atoms with van der Waals surface area (Å²) in [7, 11) is 3.98. The van der Waals surface area contributed by atoms with Gasteiger partial charge in [-0.3, -0.25) is 0 Å². The summed E-state index contributed by atoms with van der Waals surface area (Å²) in [5.41, 5.74) is 2.03. The summed E-state index contributed by atoms with van der Waals surface area (Å²) in [4.78, 5) is 6.67. The standard InChI is InChI=1S/C13H14BrClN2/c1-4-9-12(15)10-7-8(14)5-6-11(10)16-13(9)17(2)3/h5-7H,4H2,1-3H3. The molecule has 0 bridgehead atoms. The van der Waals surface area contributed by atoms with Crippen LogP contribution in [-0.4, -0.2) is 19.1 Å². The second-order valence-corrected chi connectivity index (χ2v) is 5.43. The van der Waals surface area contributed by atoms with Crippen LogP contribution in [0.15, 0.2) is 22.7 Å². The molecular formula is C13H14BrClN2. The average molecular weight is 314 g/mol. The molecule has 4 heteroatoms. The van der Waals surface area contributed by atoms with Crippen molar-refractivity contribution in [2.45, 2.75) is 13.3 Å². The Kier molecular flexibility index (Phi) is 3.59. The summed E-state index contributed by atoms with van der Waals surface area (Å²) in [6, 6.07) is 5.98. The maximum Gasteiger partial charge on any atom is 0.133 e. The zero-order valence-electron chi connectivity index (χ0n) is 10.1. The predicted octanol–water partition coefficient (Wildman–Crippen LogP) is 4.28. The minimum atomic E-state index is 0.808. The molecule has 1 aromatic heterocycles. The molecule has 0 amide bonds. The molecule has 1 aromatic carbocycles. The molecule has 17 heavy (non-hydrogen) atoms. The van der Waals surface area contributed by atoms with E-state index in [1.54, 1.807) is 0 Å². The quantitative estimate of drug-likeness (QED) is 0.822. The van der Waals surface area contributed by atoms with Gasteiger partial charge in [0.1, 0.15) is 5.82 Å². The van der Waals surface area contributed by atoms with E-state index in [1.807, 2.05) is 37.2 Å². The van der Waals surface area contributed by atoms with Crippen LogP contribution in [0.4, 0.5) is 5.82 Å². The largest absolute Gasteiger partial charge is 0.362 e. The molecule has 0 fully saturated rings. The van der Waals surface area contributed by atoms with Gasteiger partial charge in [-0.15, -0.1) is 0 Å². The Labute approximate surface area is 115 Å². The number of fused-ring (bicyclic) bond motifs is 1. The third kappa shape index (κ3) is 2.26. The molecule has 90 valence electrons. The van der Waals surface area contributed by atoms with E-state index in [-0.39, 0.29) is 0 Å². The SMILES string of the molecule is CCc1c(N(C)C)nc2ccc(Br)cc2c1Cl. The van der Waals surface area contributed by atoms with E-state index >= 15 is 0 Å². The van der Waals surface area contributed by atoms with Crippen LogP contribution in [0.1, 0.15) is 12.5 Å². The number of nitrogens with zero attached hydrogens (tertiary/aromatic N) is 2. The highest BCUT2D eigenvalue weighted by atomic mass is 79.9. The van der Waals surface area contributed by atoms with E-state index in [4.69, 9.17) is 11.6 Å². The number of benzene rings is 1. The lowest BCUT2D eigenvalue weighted by Gasteiger charge is -2.18. The van der Waals surface area contributed by atoms with E-state index in [1.165, 1.54) is 0 Å². The predicted molar refractivity (Wildman–Crippen MR) is 78.2 cm³/mol. The number of pyridine rings is 1. The molecule has 0 aliphatic heterocycles. The first-order valence-electron chi connectivity index (χ1n) is 5.49. The van der Waals surface area contributed by atoms with Crippen molar-refractivity contribution in [3.63, 3.8) is 0 Å². The van der Waals surface area contributed by atoms with Crippen molar-refractivity contribution in [1.82, 2.24) is 4.98 Å². The average Bonchev–Trinajstić information content (AvgIpc) is 2.29. The first-order valence-corrected chi connectivity index (χ1v) is 6.66. The number of hydrogen-bond acceptors (Lipinski definition) is 2. The van der Waals surface area contributed by atoms with Crippen molar-refractivity contribution in [3.05, 3.63) is 33.3 Å². The summed E-state index contributed by atoms with van der Waals surface area (Å²) in [6.07, 6.45) is 0.877. The van der Waals surface area contributed by atoms with E-state index < -0.39 is 0 Å². The normalized spacial score (nSPS) is 10.9. The van der Waals surface area contributed by atoms with Gasteiger partial charge in [0.05, 0.1) is 10.5 Å². The lowest BCUT2D eigenvalue weighted by Crippen LogP contribution is -2.13. The molecule has 2 nitrogen and oxygen atoms in total. The topological polar surface area (TPSA) is 16.1 Å². The zero-order chi connectivity index (χ0) is 12.6. The summed E-state index contributed by atoms with van der Waals surface area (Å²) in [5.74, 6) is 0.951. The Balaban J connectivity index is 2.83. The van der Waals surface area contributed by atoms with Gasteiger partial charge in [0.2, 0.25) is 0 Å². The lowest BCUT2D eigenvalue weighted by atomic mass is 10.1. The van der Waals surface area contributed by atoms with Crippen molar-refractivity contribution >= 4 is 44.3 Å². The molecule has 0 radical (unpaired) electrons. The fraction of sp³-hybridized carbons (Fsp3) is 0.308. The highest BCUT2D eigenvalue weighted by Crippen LogP contribution is 2.33. The highest BCUT2D eigenvalue weighted by molar-refractivity contribution is 9.10. The third-order valence-corrected chi connectivity index (χ3v) is 3.66. The molecular weight excluding hydrogens is 300 g/mol. The summed E-state index contributed by atoms with van der Waals surface area (Å²) in [6.45, 7) is 2.10. The van der Waals surface area contributed by atoms with Gasteiger partial charge in [-0.25, -0.2) is 4.98 Å². The van der Waals surface area contributed by atoms with Gasteiger partial charge in [0.15, 0.2) is 0 Å². The molecule has 0 aliphatic carbocycles. The van der Waals surface area contributed by atoms with Crippen LogP contribution < -0.4 is 4.90 Å². The van der Waals surface area contributed by atoms with Gasteiger partial charge in [-0.05, 0) is 24.6 Å². The fourth-order valence-corrected chi connectivity index (χ4v) is 2.64. The molecule has 0 atom stereocenters. The van der Waals surface area contributed by atoms with E-state index in [2.05, 4.69) is 27.8 Å². The van der Waals surface area contributed by atoms with Crippen molar-refractivity contribution in [2.24, 2.45) is 0 Å².